The number of ether oxygens (including phenoxy) is 1. The van der Waals surface area contributed by atoms with Gasteiger partial charge in [0.15, 0.2) is 0 Å². The molecule has 0 fully saturated rings. The lowest BCUT2D eigenvalue weighted by atomic mass is 10.0. The lowest BCUT2D eigenvalue weighted by Gasteiger charge is -2.20. The van der Waals surface area contributed by atoms with Gasteiger partial charge in [-0.25, -0.2) is 4.98 Å². The second kappa shape index (κ2) is 6.74. The Morgan fingerprint density at radius 1 is 1.52 bits per heavy atom. The van der Waals surface area contributed by atoms with Gasteiger partial charge in [0.05, 0.1) is 21.6 Å². The zero-order chi connectivity index (χ0) is 16.4. The highest BCUT2D eigenvalue weighted by Crippen LogP contribution is 2.40. The van der Waals surface area contributed by atoms with E-state index < -0.39 is 0 Å². The first-order chi connectivity index (χ1) is 11.1. The van der Waals surface area contributed by atoms with Gasteiger partial charge in [0.25, 0.3) is 5.69 Å². The normalized spacial score (nSPS) is 17.0. The number of thiazole rings is 1. The molecule has 1 aromatic heterocycles. The van der Waals surface area contributed by atoms with Crippen LogP contribution in [0.2, 0.25) is 0 Å². The van der Waals surface area contributed by atoms with Crippen molar-refractivity contribution in [1.29, 1.82) is 0 Å². The van der Waals surface area contributed by atoms with Crippen LogP contribution in [0, 0.1) is 10.1 Å². The number of hydrogen-bond donors (Lipinski definition) is 1. The third-order valence-corrected chi connectivity index (χ3v) is 5.26. The Hall–Kier alpha value is -1.83. The van der Waals surface area contributed by atoms with Gasteiger partial charge >= 0.3 is 0 Å². The van der Waals surface area contributed by atoms with E-state index in [-0.39, 0.29) is 23.3 Å². The molecule has 0 saturated carbocycles. The maximum atomic E-state index is 11.2. The summed E-state index contributed by atoms with van der Waals surface area (Å²) in [5.41, 5.74) is 8.00. The van der Waals surface area contributed by atoms with Crippen molar-refractivity contribution in [2.75, 3.05) is 6.61 Å². The van der Waals surface area contributed by atoms with Crippen molar-refractivity contribution in [2.45, 2.75) is 38.8 Å². The number of nitro benzene ring substituents is 1. The van der Waals surface area contributed by atoms with Gasteiger partial charge in [0.1, 0.15) is 5.01 Å². The summed E-state index contributed by atoms with van der Waals surface area (Å²) in [6, 6.07) is 5.14. The molecule has 6 nitrogen and oxygen atoms in total. The zero-order valence-electron chi connectivity index (χ0n) is 12.9. The summed E-state index contributed by atoms with van der Waals surface area (Å²) < 4.78 is 5.80. The summed E-state index contributed by atoms with van der Waals surface area (Å²) >= 11 is 1.58. The monoisotopic (exact) mass is 333 g/mol. The predicted octanol–water partition coefficient (Wildman–Crippen LogP) is 3.59. The summed E-state index contributed by atoms with van der Waals surface area (Å²) in [7, 11) is 0. The van der Waals surface area contributed by atoms with Crippen LogP contribution in [0.15, 0.2) is 18.2 Å². The smallest absolute Gasteiger partial charge is 0.274 e. The number of nitrogens with two attached hydrogens (primary N) is 1. The largest absolute Gasteiger partial charge is 0.373 e. The average molecular weight is 333 g/mol. The second-order valence-corrected chi connectivity index (χ2v) is 6.50. The standard InChI is InChI=1S/C16H19N3O3S/c1-2-22-14-5-3-4-12-15(14)23-16(18-12)10-6-7-11(9-17)13(8-10)19(20)21/h6-8,14H,2-5,9,17H2,1H3. The number of rotatable bonds is 5. The molecule has 0 amide bonds. The molecule has 1 unspecified atom stereocenters. The van der Waals surface area contributed by atoms with Gasteiger partial charge in [-0.05, 0) is 26.2 Å². The van der Waals surface area contributed by atoms with Crippen LogP contribution >= 0.6 is 11.3 Å². The fraction of sp³-hybridized carbons (Fsp3) is 0.438. The SMILES string of the molecule is CCOC1CCCc2nc(-c3ccc(CN)c([N+](=O)[O-])c3)sc21. The van der Waals surface area contributed by atoms with Gasteiger partial charge in [-0.3, -0.25) is 10.1 Å². The molecule has 1 aliphatic carbocycles. The Balaban J connectivity index is 2.00. The van der Waals surface area contributed by atoms with Crippen molar-refractivity contribution in [1.82, 2.24) is 4.98 Å². The van der Waals surface area contributed by atoms with E-state index in [1.807, 2.05) is 13.0 Å². The Bertz CT molecular complexity index is 729. The highest BCUT2D eigenvalue weighted by atomic mass is 32.1. The molecule has 1 aliphatic rings. The Kier molecular flexibility index (Phi) is 4.70. The molecule has 3 rings (SSSR count). The van der Waals surface area contributed by atoms with Gasteiger partial charge < -0.3 is 10.5 Å². The van der Waals surface area contributed by atoms with E-state index in [9.17, 15) is 10.1 Å². The molecular weight excluding hydrogens is 314 g/mol. The minimum absolute atomic E-state index is 0.0551. The van der Waals surface area contributed by atoms with E-state index in [4.69, 9.17) is 15.5 Å². The number of aryl methyl sites for hydroxylation is 1. The first kappa shape index (κ1) is 16.0. The zero-order valence-corrected chi connectivity index (χ0v) is 13.8. The third-order valence-electron chi connectivity index (χ3n) is 4.02. The Morgan fingerprint density at radius 3 is 3.04 bits per heavy atom. The van der Waals surface area contributed by atoms with Crippen molar-refractivity contribution < 1.29 is 9.66 Å². The van der Waals surface area contributed by atoms with Crippen molar-refractivity contribution in [3.8, 4) is 10.6 Å². The predicted molar refractivity (Wildman–Crippen MR) is 89.4 cm³/mol. The fourth-order valence-corrected chi connectivity index (χ4v) is 4.10. The summed E-state index contributed by atoms with van der Waals surface area (Å²) in [4.78, 5) is 16.7. The quantitative estimate of drug-likeness (QED) is 0.667. The van der Waals surface area contributed by atoms with Gasteiger partial charge in [0.2, 0.25) is 0 Å². The number of aromatic nitrogens is 1. The van der Waals surface area contributed by atoms with Crippen LogP contribution in [0.25, 0.3) is 10.6 Å². The summed E-state index contributed by atoms with van der Waals surface area (Å²) in [5, 5.41) is 12.0. The summed E-state index contributed by atoms with van der Waals surface area (Å²) in [6.45, 7) is 2.82. The number of benzene rings is 1. The maximum absolute atomic E-state index is 11.2. The molecule has 122 valence electrons. The van der Waals surface area contributed by atoms with Gasteiger partial charge in [-0.2, -0.15) is 0 Å². The molecule has 2 aromatic rings. The van der Waals surface area contributed by atoms with Gasteiger partial charge in [-0.1, -0.05) is 12.1 Å². The fourth-order valence-electron chi connectivity index (χ4n) is 2.90. The van der Waals surface area contributed by atoms with Crippen LogP contribution < -0.4 is 5.73 Å². The first-order valence-corrected chi connectivity index (χ1v) is 8.54. The maximum Gasteiger partial charge on any atom is 0.274 e. The number of fused-ring (bicyclic) bond motifs is 1. The minimum atomic E-state index is -0.387. The minimum Gasteiger partial charge on any atom is -0.373 e. The Labute approximate surface area is 138 Å². The van der Waals surface area contributed by atoms with Crippen molar-refractivity contribution >= 4 is 17.0 Å². The molecule has 0 radical (unpaired) electrons. The first-order valence-electron chi connectivity index (χ1n) is 7.73. The van der Waals surface area contributed by atoms with Gasteiger partial charge in [-0.15, -0.1) is 11.3 Å². The summed E-state index contributed by atoms with van der Waals surface area (Å²) in [5.74, 6) is 0. The molecule has 1 aromatic carbocycles. The lowest BCUT2D eigenvalue weighted by Crippen LogP contribution is -2.10. The molecular formula is C16H19N3O3S. The molecule has 0 saturated heterocycles. The van der Waals surface area contributed by atoms with E-state index in [1.165, 1.54) is 4.88 Å². The van der Waals surface area contributed by atoms with Crippen LogP contribution in [0.5, 0.6) is 0 Å². The van der Waals surface area contributed by atoms with Crippen LogP contribution in [0.4, 0.5) is 5.69 Å². The molecule has 0 bridgehead atoms. The molecule has 23 heavy (non-hydrogen) atoms. The van der Waals surface area contributed by atoms with E-state index in [0.29, 0.717) is 12.2 Å². The summed E-state index contributed by atoms with van der Waals surface area (Å²) in [6.07, 6.45) is 3.12. The van der Waals surface area contributed by atoms with Gasteiger partial charge in [0, 0.05) is 30.3 Å². The Morgan fingerprint density at radius 2 is 2.35 bits per heavy atom. The van der Waals surface area contributed by atoms with Crippen molar-refractivity contribution in [3.05, 3.63) is 44.4 Å². The average Bonchev–Trinajstić information content (AvgIpc) is 2.99. The van der Waals surface area contributed by atoms with Crippen LogP contribution in [0.3, 0.4) is 0 Å². The van der Waals surface area contributed by atoms with Crippen molar-refractivity contribution in [3.63, 3.8) is 0 Å². The van der Waals surface area contributed by atoms with Crippen LogP contribution in [-0.2, 0) is 17.7 Å². The lowest BCUT2D eigenvalue weighted by molar-refractivity contribution is -0.385. The molecule has 7 heteroatoms. The molecule has 1 atom stereocenters. The molecule has 0 spiro atoms. The van der Waals surface area contributed by atoms with E-state index >= 15 is 0 Å². The molecule has 2 N–H and O–H groups in total. The second-order valence-electron chi connectivity index (χ2n) is 5.47. The van der Waals surface area contributed by atoms with E-state index in [2.05, 4.69) is 0 Å². The highest BCUT2D eigenvalue weighted by Gasteiger charge is 2.26. The van der Waals surface area contributed by atoms with E-state index in [0.717, 1.165) is 35.5 Å². The molecule has 0 aliphatic heterocycles. The third kappa shape index (κ3) is 3.12. The van der Waals surface area contributed by atoms with Crippen molar-refractivity contribution in [2.24, 2.45) is 5.73 Å². The number of hydrogen-bond acceptors (Lipinski definition) is 6. The number of nitrogens with zero attached hydrogens (tertiary/aromatic N) is 2. The molecule has 1 heterocycles. The van der Waals surface area contributed by atoms with E-state index in [1.54, 1.807) is 23.5 Å². The van der Waals surface area contributed by atoms with Crippen LogP contribution in [-0.4, -0.2) is 16.5 Å². The number of nitro groups is 1. The topological polar surface area (TPSA) is 91.3 Å². The highest BCUT2D eigenvalue weighted by molar-refractivity contribution is 7.15. The van der Waals surface area contributed by atoms with Crippen LogP contribution in [0.1, 0.15) is 42.0 Å².